The molecule has 1 rings (SSSR count). The highest BCUT2D eigenvalue weighted by Gasteiger charge is 2.23. The second kappa shape index (κ2) is 5.67. The number of methoxy groups -OCH3 is 1. The van der Waals surface area contributed by atoms with E-state index in [4.69, 9.17) is 4.42 Å². The van der Waals surface area contributed by atoms with Crippen molar-refractivity contribution in [2.24, 2.45) is 0 Å². The molecule has 0 radical (unpaired) electrons. The summed E-state index contributed by atoms with van der Waals surface area (Å²) < 4.78 is 9.91. The molecule has 0 amide bonds. The van der Waals surface area contributed by atoms with E-state index < -0.39 is 18.1 Å². The van der Waals surface area contributed by atoms with Crippen LogP contribution < -0.4 is 5.32 Å². The van der Waals surface area contributed by atoms with E-state index in [-0.39, 0.29) is 0 Å². The minimum atomic E-state index is -0.816. The highest BCUT2D eigenvalue weighted by Crippen LogP contribution is 2.06. The van der Waals surface area contributed by atoms with Gasteiger partial charge in [0.1, 0.15) is 17.6 Å². The lowest BCUT2D eigenvalue weighted by molar-refractivity contribution is -0.145. The first kappa shape index (κ1) is 12.7. The van der Waals surface area contributed by atoms with Crippen LogP contribution in [-0.4, -0.2) is 30.3 Å². The highest BCUT2D eigenvalue weighted by molar-refractivity contribution is 5.76. The first-order chi connectivity index (χ1) is 7.54. The fourth-order valence-corrected chi connectivity index (χ4v) is 1.37. The summed E-state index contributed by atoms with van der Waals surface area (Å²) in [4.78, 5) is 11.3. The molecule has 1 aromatic heterocycles. The van der Waals surface area contributed by atoms with Crippen LogP contribution in [0.15, 0.2) is 16.5 Å². The van der Waals surface area contributed by atoms with Gasteiger partial charge in [0.15, 0.2) is 0 Å². The summed E-state index contributed by atoms with van der Waals surface area (Å²) in [5, 5.41) is 12.3. The zero-order valence-corrected chi connectivity index (χ0v) is 9.69. The zero-order valence-electron chi connectivity index (χ0n) is 9.69. The zero-order chi connectivity index (χ0) is 12.1. The number of furan rings is 1. The van der Waals surface area contributed by atoms with Crippen LogP contribution in [0, 0.1) is 6.92 Å². The van der Waals surface area contributed by atoms with Crippen LogP contribution in [0.5, 0.6) is 0 Å². The molecule has 2 atom stereocenters. The molecule has 0 fully saturated rings. The van der Waals surface area contributed by atoms with E-state index in [1.54, 1.807) is 0 Å². The van der Waals surface area contributed by atoms with Gasteiger partial charge in [0, 0.05) is 0 Å². The maximum Gasteiger partial charge on any atom is 0.325 e. The van der Waals surface area contributed by atoms with Gasteiger partial charge < -0.3 is 14.3 Å². The topological polar surface area (TPSA) is 71.7 Å². The molecule has 16 heavy (non-hydrogen) atoms. The molecule has 0 aliphatic rings. The Balaban J connectivity index is 2.53. The van der Waals surface area contributed by atoms with Crippen LogP contribution in [-0.2, 0) is 16.1 Å². The predicted molar refractivity (Wildman–Crippen MR) is 57.8 cm³/mol. The molecule has 0 unspecified atom stereocenters. The van der Waals surface area contributed by atoms with Crippen molar-refractivity contribution in [2.45, 2.75) is 32.5 Å². The molecule has 0 saturated carbocycles. The van der Waals surface area contributed by atoms with Crippen LogP contribution in [0.3, 0.4) is 0 Å². The van der Waals surface area contributed by atoms with Crippen molar-refractivity contribution in [3.8, 4) is 0 Å². The SMILES string of the molecule is COC(=O)[C@H](NCc1ccc(C)o1)[C@H](C)O. The Morgan fingerprint density at radius 1 is 1.62 bits per heavy atom. The average Bonchev–Trinajstić information content (AvgIpc) is 2.63. The van der Waals surface area contributed by atoms with Gasteiger partial charge in [0.25, 0.3) is 0 Å². The number of esters is 1. The lowest BCUT2D eigenvalue weighted by Gasteiger charge is -2.18. The third-order valence-electron chi connectivity index (χ3n) is 2.23. The predicted octanol–water partition coefficient (Wildman–Crippen LogP) is 0.600. The maximum absolute atomic E-state index is 11.3. The Morgan fingerprint density at radius 2 is 2.31 bits per heavy atom. The summed E-state index contributed by atoms with van der Waals surface area (Å²) in [6, 6.07) is 2.92. The normalized spacial score (nSPS) is 14.5. The molecule has 5 nitrogen and oxygen atoms in total. The summed E-state index contributed by atoms with van der Waals surface area (Å²) in [5.74, 6) is 1.04. The smallest absolute Gasteiger partial charge is 0.325 e. The van der Waals surface area contributed by atoms with Crippen molar-refractivity contribution in [1.82, 2.24) is 5.32 Å². The number of rotatable bonds is 5. The quantitative estimate of drug-likeness (QED) is 0.721. The number of carbonyl (C=O) groups is 1. The molecule has 5 heteroatoms. The van der Waals surface area contributed by atoms with Gasteiger partial charge in [0.2, 0.25) is 0 Å². The number of hydrogen-bond donors (Lipinski definition) is 2. The Labute approximate surface area is 94.4 Å². The average molecular weight is 227 g/mol. The lowest BCUT2D eigenvalue weighted by atomic mass is 10.2. The van der Waals surface area contributed by atoms with Gasteiger partial charge in [-0.15, -0.1) is 0 Å². The third kappa shape index (κ3) is 3.36. The van der Waals surface area contributed by atoms with E-state index in [1.165, 1.54) is 14.0 Å². The molecular formula is C11H17NO4. The number of aliphatic hydroxyl groups is 1. The van der Waals surface area contributed by atoms with Gasteiger partial charge >= 0.3 is 5.97 Å². The summed E-state index contributed by atoms with van der Waals surface area (Å²) in [5.41, 5.74) is 0. The minimum absolute atomic E-state index is 0.374. The van der Waals surface area contributed by atoms with Gasteiger partial charge in [0.05, 0.1) is 19.8 Å². The lowest BCUT2D eigenvalue weighted by Crippen LogP contribution is -2.45. The number of hydrogen-bond acceptors (Lipinski definition) is 5. The molecule has 2 N–H and O–H groups in total. The van der Waals surface area contributed by atoms with E-state index in [9.17, 15) is 9.90 Å². The van der Waals surface area contributed by atoms with E-state index >= 15 is 0 Å². The van der Waals surface area contributed by atoms with Crippen molar-refractivity contribution in [1.29, 1.82) is 0 Å². The second-order valence-electron chi connectivity index (χ2n) is 3.63. The van der Waals surface area contributed by atoms with Crippen molar-refractivity contribution < 1.29 is 19.1 Å². The van der Waals surface area contributed by atoms with E-state index in [0.29, 0.717) is 12.3 Å². The first-order valence-corrected chi connectivity index (χ1v) is 5.09. The number of aliphatic hydroxyl groups excluding tert-OH is 1. The molecule has 0 aliphatic carbocycles. The van der Waals surface area contributed by atoms with Crippen LogP contribution in [0.4, 0.5) is 0 Å². The maximum atomic E-state index is 11.3. The van der Waals surface area contributed by atoms with E-state index in [0.717, 1.165) is 5.76 Å². The second-order valence-corrected chi connectivity index (χ2v) is 3.63. The Bertz CT molecular complexity index is 346. The van der Waals surface area contributed by atoms with Crippen LogP contribution in [0.2, 0.25) is 0 Å². The molecule has 0 bridgehead atoms. The number of ether oxygens (including phenoxy) is 1. The van der Waals surface area contributed by atoms with Crippen molar-refractivity contribution in [3.63, 3.8) is 0 Å². The highest BCUT2D eigenvalue weighted by atomic mass is 16.5. The van der Waals surface area contributed by atoms with E-state index in [1.807, 2.05) is 19.1 Å². The molecule has 0 aromatic carbocycles. The van der Waals surface area contributed by atoms with Gasteiger partial charge in [-0.3, -0.25) is 10.1 Å². The Kier molecular flexibility index (Phi) is 4.52. The Morgan fingerprint density at radius 3 is 2.75 bits per heavy atom. The van der Waals surface area contributed by atoms with Crippen molar-refractivity contribution in [3.05, 3.63) is 23.7 Å². The largest absolute Gasteiger partial charge is 0.468 e. The van der Waals surface area contributed by atoms with Crippen LogP contribution >= 0.6 is 0 Å². The van der Waals surface area contributed by atoms with Crippen LogP contribution in [0.1, 0.15) is 18.4 Å². The molecule has 1 aromatic rings. The molecule has 0 aliphatic heterocycles. The van der Waals surface area contributed by atoms with E-state index in [2.05, 4.69) is 10.1 Å². The standard InChI is InChI=1S/C11H17NO4/c1-7-4-5-9(16-7)6-12-10(8(2)13)11(14)15-3/h4-5,8,10,12-13H,6H2,1-3H3/t8-,10+/m0/s1. The van der Waals surface area contributed by atoms with Gasteiger partial charge in [-0.05, 0) is 26.0 Å². The first-order valence-electron chi connectivity index (χ1n) is 5.09. The third-order valence-corrected chi connectivity index (χ3v) is 2.23. The summed E-state index contributed by atoms with van der Waals surface area (Å²) in [6.45, 7) is 3.75. The molecule has 0 spiro atoms. The summed E-state index contributed by atoms with van der Waals surface area (Å²) in [6.07, 6.45) is -0.816. The monoisotopic (exact) mass is 227 g/mol. The molecule has 0 saturated heterocycles. The summed E-state index contributed by atoms with van der Waals surface area (Å²) >= 11 is 0. The fourth-order valence-electron chi connectivity index (χ4n) is 1.37. The molecule has 1 heterocycles. The molecular weight excluding hydrogens is 210 g/mol. The van der Waals surface area contributed by atoms with Crippen LogP contribution in [0.25, 0.3) is 0 Å². The van der Waals surface area contributed by atoms with Gasteiger partial charge in [-0.2, -0.15) is 0 Å². The Hall–Kier alpha value is -1.33. The number of aryl methyl sites for hydroxylation is 1. The van der Waals surface area contributed by atoms with Crippen molar-refractivity contribution >= 4 is 5.97 Å². The minimum Gasteiger partial charge on any atom is -0.468 e. The van der Waals surface area contributed by atoms with Gasteiger partial charge in [-0.1, -0.05) is 0 Å². The van der Waals surface area contributed by atoms with Gasteiger partial charge in [-0.25, -0.2) is 0 Å². The van der Waals surface area contributed by atoms with Crippen molar-refractivity contribution in [2.75, 3.05) is 7.11 Å². The molecule has 90 valence electrons. The number of carbonyl (C=O) groups excluding carboxylic acids is 1. The summed E-state index contributed by atoms with van der Waals surface area (Å²) in [7, 11) is 1.29. The number of nitrogens with one attached hydrogen (secondary N) is 1. The fraction of sp³-hybridized carbons (Fsp3) is 0.545.